The Bertz CT molecular complexity index is 1090. The van der Waals surface area contributed by atoms with Crippen LogP contribution in [-0.4, -0.2) is 50.5 Å². The van der Waals surface area contributed by atoms with Crippen LogP contribution in [0.3, 0.4) is 0 Å². The van der Waals surface area contributed by atoms with Gasteiger partial charge in [0.05, 0.1) is 11.9 Å². The number of nitrogens with one attached hydrogen (secondary N) is 1. The average Bonchev–Trinajstić information content (AvgIpc) is 2.73. The van der Waals surface area contributed by atoms with Crippen LogP contribution in [0.25, 0.3) is 0 Å². The first kappa shape index (κ1) is 27.0. The highest BCUT2D eigenvalue weighted by molar-refractivity contribution is 7.92. The minimum absolute atomic E-state index is 0.0436. The molecule has 0 aliphatic rings. The van der Waals surface area contributed by atoms with Crippen LogP contribution in [0.1, 0.15) is 26.3 Å². The van der Waals surface area contributed by atoms with E-state index in [1.165, 1.54) is 11.0 Å². The van der Waals surface area contributed by atoms with Gasteiger partial charge in [-0.05, 0) is 42.7 Å². The standard InChI is InChI=1S/C23H29Cl2N3O4S/c1-16(2)13-26-23(30)17(3)27(14-18-8-5-6-11-21(18)25)22(29)15-28(33(4,31)32)20-10-7-9-19(24)12-20/h5-12,16-17H,13-15H2,1-4H3,(H,26,30)/t17-/m0/s1. The Morgan fingerprint density at radius 2 is 1.70 bits per heavy atom. The number of halogens is 2. The number of amides is 2. The number of hydrogen-bond acceptors (Lipinski definition) is 4. The lowest BCUT2D eigenvalue weighted by atomic mass is 10.1. The zero-order valence-electron chi connectivity index (χ0n) is 19.1. The number of nitrogens with zero attached hydrogens (tertiary/aromatic N) is 2. The fourth-order valence-corrected chi connectivity index (χ4v) is 4.31. The molecule has 0 radical (unpaired) electrons. The van der Waals surface area contributed by atoms with Crippen LogP contribution in [0.15, 0.2) is 48.5 Å². The third kappa shape index (κ3) is 7.91. The van der Waals surface area contributed by atoms with Crippen LogP contribution in [0.2, 0.25) is 10.0 Å². The van der Waals surface area contributed by atoms with Crippen molar-refractivity contribution in [2.24, 2.45) is 5.92 Å². The Kier molecular flexibility index (Phi) is 9.57. The SMILES string of the molecule is CC(C)CNC(=O)[C@H](C)N(Cc1ccccc1Cl)C(=O)CN(c1cccc(Cl)c1)S(C)(=O)=O. The topological polar surface area (TPSA) is 86.8 Å². The third-order valence-corrected chi connectivity index (χ3v) is 6.67. The molecule has 2 rings (SSSR count). The van der Waals surface area contributed by atoms with Crippen molar-refractivity contribution in [2.75, 3.05) is 23.7 Å². The number of carbonyl (C=O) groups excluding carboxylic acids is 2. The molecule has 2 aromatic rings. The van der Waals surface area contributed by atoms with Crippen LogP contribution in [0, 0.1) is 5.92 Å². The number of rotatable bonds is 10. The Morgan fingerprint density at radius 3 is 2.27 bits per heavy atom. The molecular weight excluding hydrogens is 485 g/mol. The van der Waals surface area contributed by atoms with Gasteiger partial charge < -0.3 is 10.2 Å². The fraction of sp³-hybridized carbons (Fsp3) is 0.391. The Balaban J connectivity index is 2.38. The summed E-state index contributed by atoms with van der Waals surface area (Å²) in [5, 5.41) is 3.61. The molecule has 10 heteroatoms. The Morgan fingerprint density at radius 1 is 1.03 bits per heavy atom. The molecular formula is C23H29Cl2N3O4S. The predicted molar refractivity (Wildman–Crippen MR) is 133 cm³/mol. The lowest BCUT2D eigenvalue weighted by Gasteiger charge is -2.31. The highest BCUT2D eigenvalue weighted by Gasteiger charge is 2.30. The van der Waals surface area contributed by atoms with E-state index in [1.807, 2.05) is 13.8 Å². The van der Waals surface area contributed by atoms with Crippen LogP contribution < -0.4 is 9.62 Å². The van der Waals surface area contributed by atoms with Gasteiger partial charge in [-0.2, -0.15) is 0 Å². The van der Waals surface area contributed by atoms with E-state index in [2.05, 4.69) is 5.32 Å². The predicted octanol–water partition coefficient (Wildman–Crippen LogP) is 3.95. The van der Waals surface area contributed by atoms with Crippen molar-refractivity contribution in [3.63, 3.8) is 0 Å². The van der Waals surface area contributed by atoms with E-state index in [9.17, 15) is 18.0 Å². The maximum Gasteiger partial charge on any atom is 0.244 e. The summed E-state index contributed by atoms with van der Waals surface area (Å²) in [5.74, 6) is -0.650. The molecule has 1 N–H and O–H groups in total. The van der Waals surface area contributed by atoms with Gasteiger partial charge in [-0.3, -0.25) is 13.9 Å². The van der Waals surface area contributed by atoms with Gasteiger partial charge in [-0.15, -0.1) is 0 Å². The second kappa shape index (κ2) is 11.7. The highest BCUT2D eigenvalue weighted by atomic mass is 35.5. The molecule has 180 valence electrons. The van der Waals surface area contributed by atoms with Crippen LogP contribution in [0.4, 0.5) is 5.69 Å². The number of anilines is 1. The van der Waals surface area contributed by atoms with E-state index in [0.29, 0.717) is 22.2 Å². The van der Waals surface area contributed by atoms with Gasteiger partial charge in [0.15, 0.2) is 0 Å². The summed E-state index contributed by atoms with van der Waals surface area (Å²) in [4.78, 5) is 27.5. The maximum atomic E-state index is 13.4. The zero-order valence-corrected chi connectivity index (χ0v) is 21.4. The summed E-state index contributed by atoms with van der Waals surface area (Å²) in [6.07, 6.45) is 1.01. The van der Waals surface area contributed by atoms with E-state index < -0.39 is 28.5 Å². The smallest absolute Gasteiger partial charge is 0.244 e. The Labute approximate surface area is 205 Å². The summed E-state index contributed by atoms with van der Waals surface area (Å²) in [6, 6.07) is 12.4. The number of carbonyl (C=O) groups is 2. The van der Waals surface area contributed by atoms with Crippen LogP contribution in [-0.2, 0) is 26.2 Å². The van der Waals surface area contributed by atoms with Gasteiger partial charge in [0.25, 0.3) is 0 Å². The van der Waals surface area contributed by atoms with E-state index in [-0.39, 0.29) is 24.1 Å². The van der Waals surface area contributed by atoms with Gasteiger partial charge in [0.2, 0.25) is 21.8 Å². The molecule has 2 aromatic carbocycles. The van der Waals surface area contributed by atoms with Crippen molar-refractivity contribution in [1.82, 2.24) is 10.2 Å². The molecule has 0 aliphatic heterocycles. The molecule has 33 heavy (non-hydrogen) atoms. The molecule has 2 amide bonds. The minimum atomic E-state index is -3.81. The van der Waals surface area contributed by atoms with E-state index >= 15 is 0 Å². The largest absolute Gasteiger partial charge is 0.354 e. The molecule has 0 spiro atoms. The third-order valence-electron chi connectivity index (χ3n) is 4.93. The minimum Gasteiger partial charge on any atom is -0.354 e. The monoisotopic (exact) mass is 513 g/mol. The fourth-order valence-electron chi connectivity index (χ4n) is 3.09. The van der Waals surface area contributed by atoms with Crippen LogP contribution >= 0.6 is 23.2 Å². The summed E-state index contributed by atoms with van der Waals surface area (Å²) in [7, 11) is -3.81. The highest BCUT2D eigenvalue weighted by Crippen LogP contribution is 2.23. The van der Waals surface area contributed by atoms with Gasteiger partial charge in [0.1, 0.15) is 12.6 Å². The van der Waals surface area contributed by atoms with Crippen molar-refractivity contribution in [3.05, 3.63) is 64.1 Å². The molecule has 0 heterocycles. The van der Waals surface area contributed by atoms with Crippen molar-refractivity contribution < 1.29 is 18.0 Å². The first-order valence-electron chi connectivity index (χ1n) is 10.4. The van der Waals surface area contributed by atoms with E-state index in [0.717, 1.165) is 10.6 Å². The normalized spacial score (nSPS) is 12.3. The van der Waals surface area contributed by atoms with Crippen molar-refractivity contribution in [3.8, 4) is 0 Å². The van der Waals surface area contributed by atoms with Crippen molar-refractivity contribution in [1.29, 1.82) is 0 Å². The molecule has 0 bridgehead atoms. The first-order valence-corrected chi connectivity index (χ1v) is 13.0. The number of hydrogen-bond donors (Lipinski definition) is 1. The molecule has 0 aromatic heterocycles. The molecule has 0 fully saturated rings. The summed E-state index contributed by atoms with van der Waals surface area (Å²) < 4.78 is 26.0. The Hall–Kier alpha value is -2.29. The van der Waals surface area contributed by atoms with Crippen molar-refractivity contribution >= 4 is 50.7 Å². The van der Waals surface area contributed by atoms with Gasteiger partial charge in [0, 0.05) is 23.1 Å². The molecule has 1 atom stereocenters. The summed E-state index contributed by atoms with van der Waals surface area (Å²) >= 11 is 12.3. The average molecular weight is 514 g/mol. The molecule has 0 unspecified atom stereocenters. The second-order valence-corrected chi connectivity index (χ2v) is 10.9. The second-order valence-electron chi connectivity index (χ2n) is 8.18. The van der Waals surface area contributed by atoms with E-state index in [4.69, 9.17) is 23.2 Å². The van der Waals surface area contributed by atoms with Gasteiger partial charge in [-0.1, -0.05) is 61.3 Å². The molecule has 7 nitrogen and oxygen atoms in total. The molecule has 0 saturated heterocycles. The zero-order chi connectivity index (χ0) is 24.8. The summed E-state index contributed by atoms with van der Waals surface area (Å²) in [5.41, 5.74) is 0.901. The number of sulfonamides is 1. The van der Waals surface area contributed by atoms with E-state index in [1.54, 1.807) is 49.4 Å². The number of benzene rings is 2. The van der Waals surface area contributed by atoms with Crippen molar-refractivity contribution in [2.45, 2.75) is 33.4 Å². The summed E-state index contributed by atoms with van der Waals surface area (Å²) in [6.45, 7) is 5.54. The maximum absolute atomic E-state index is 13.4. The lowest BCUT2D eigenvalue weighted by molar-refractivity contribution is -0.139. The molecule has 0 saturated carbocycles. The lowest BCUT2D eigenvalue weighted by Crippen LogP contribution is -2.51. The first-order chi connectivity index (χ1) is 15.4. The van der Waals surface area contributed by atoms with Gasteiger partial charge in [-0.25, -0.2) is 8.42 Å². The van der Waals surface area contributed by atoms with Crippen LogP contribution in [0.5, 0.6) is 0 Å². The molecule has 0 aliphatic carbocycles. The quantitative estimate of drug-likeness (QED) is 0.520. The van der Waals surface area contributed by atoms with Gasteiger partial charge >= 0.3 is 0 Å².